The highest BCUT2D eigenvalue weighted by atomic mass is 32.1. The summed E-state index contributed by atoms with van der Waals surface area (Å²) in [6, 6.07) is 0. The highest BCUT2D eigenvalue weighted by Gasteiger charge is 2.21. The third kappa shape index (κ3) is 2.42. The van der Waals surface area contributed by atoms with Crippen molar-refractivity contribution < 1.29 is 0 Å². The van der Waals surface area contributed by atoms with Gasteiger partial charge in [0.1, 0.15) is 0 Å². The molecule has 0 heterocycles. The van der Waals surface area contributed by atoms with E-state index in [9.17, 15) is 0 Å². The van der Waals surface area contributed by atoms with Crippen LogP contribution < -0.4 is 0 Å². The molecule has 0 amide bonds. The van der Waals surface area contributed by atoms with Crippen LogP contribution in [0.3, 0.4) is 0 Å². The van der Waals surface area contributed by atoms with E-state index in [1.807, 2.05) is 0 Å². The first-order valence-corrected chi connectivity index (χ1v) is 4.73. The van der Waals surface area contributed by atoms with Crippen LogP contribution >= 0.6 is 25.3 Å². The van der Waals surface area contributed by atoms with Gasteiger partial charge < -0.3 is 0 Å². The topological polar surface area (TPSA) is 0 Å². The molecule has 0 nitrogen and oxygen atoms in total. The fourth-order valence-electron chi connectivity index (χ4n) is 0.747. The van der Waals surface area contributed by atoms with E-state index in [0.29, 0.717) is 5.41 Å². The average Bonchev–Trinajstić information content (AvgIpc) is 1.95. The zero-order valence-corrected chi connectivity index (χ0v) is 8.01. The molecule has 0 aliphatic rings. The van der Waals surface area contributed by atoms with Crippen LogP contribution in [-0.2, 0) is 0 Å². The maximum absolute atomic E-state index is 4.29. The van der Waals surface area contributed by atoms with Gasteiger partial charge in [-0.25, -0.2) is 0 Å². The maximum atomic E-state index is 4.29. The Kier molecular flexibility index (Phi) is 4.86. The molecule has 0 aromatic carbocycles. The Morgan fingerprint density at radius 1 is 1.00 bits per heavy atom. The fourth-order valence-corrected chi connectivity index (χ4v) is 2.04. The molecule has 0 aliphatic heterocycles. The van der Waals surface area contributed by atoms with Crippen LogP contribution in [0.5, 0.6) is 0 Å². The van der Waals surface area contributed by atoms with Crippen LogP contribution in [0.1, 0.15) is 26.7 Å². The predicted octanol–water partition coefficient (Wildman–Crippen LogP) is 2.65. The smallest absolute Gasteiger partial charge is 0.00336 e. The van der Waals surface area contributed by atoms with Crippen LogP contribution in [0.25, 0.3) is 0 Å². The first kappa shape index (κ1) is 9.70. The zero-order chi connectivity index (χ0) is 7.33. The quantitative estimate of drug-likeness (QED) is 0.586. The van der Waals surface area contributed by atoms with E-state index in [1.54, 1.807) is 0 Å². The van der Waals surface area contributed by atoms with E-state index in [0.717, 1.165) is 11.5 Å². The Balaban J connectivity index is 3.82. The Labute approximate surface area is 69.2 Å². The molecule has 0 atom stereocenters. The van der Waals surface area contributed by atoms with E-state index in [2.05, 4.69) is 39.1 Å². The molecule has 0 fully saturated rings. The maximum Gasteiger partial charge on any atom is -0.00336 e. The molecular weight excluding hydrogens is 148 g/mol. The van der Waals surface area contributed by atoms with E-state index in [4.69, 9.17) is 0 Å². The van der Waals surface area contributed by atoms with Crippen molar-refractivity contribution in [3.8, 4) is 0 Å². The monoisotopic (exact) mass is 164 g/mol. The molecule has 2 heteroatoms. The van der Waals surface area contributed by atoms with Crippen molar-refractivity contribution >= 4 is 25.3 Å². The van der Waals surface area contributed by atoms with Crippen molar-refractivity contribution in [1.82, 2.24) is 0 Å². The second-order valence-corrected chi connectivity index (χ2v) is 3.16. The van der Waals surface area contributed by atoms with Crippen LogP contribution in [0.15, 0.2) is 0 Å². The van der Waals surface area contributed by atoms with E-state index >= 15 is 0 Å². The lowest BCUT2D eigenvalue weighted by atomic mass is 9.87. The van der Waals surface area contributed by atoms with Gasteiger partial charge in [0.2, 0.25) is 0 Å². The fraction of sp³-hybridized carbons (Fsp3) is 1.00. The number of rotatable bonds is 4. The van der Waals surface area contributed by atoms with Gasteiger partial charge in [-0.05, 0) is 29.8 Å². The summed E-state index contributed by atoms with van der Waals surface area (Å²) in [6.45, 7) is 4.41. The lowest BCUT2D eigenvalue weighted by molar-refractivity contribution is 0.358. The molecule has 56 valence electrons. The van der Waals surface area contributed by atoms with Crippen LogP contribution in [0.2, 0.25) is 0 Å². The van der Waals surface area contributed by atoms with E-state index < -0.39 is 0 Å². The molecule has 0 rings (SSSR count). The molecule has 0 bridgehead atoms. The predicted molar refractivity (Wildman–Crippen MR) is 50.7 cm³/mol. The number of thiol groups is 2. The van der Waals surface area contributed by atoms with Gasteiger partial charge in [-0.1, -0.05) is 13.8 Å². The second-order valence-electron chi connectivity index (χ2n) is 2.52. The lowest BCUT2D eigenvalue weighted by Crippen LogP contribution is -2.22. The third-order valence-electron chi connectivity index (χ3n) is 2.17. The minimum atomic E-state index is 0.395. The summed E-state index contributed by atoms with van der Waals surface area (Å²) >= 11 is 8.59. The number of hydrogen-bond donors (Lipinski definition) is 2. The molecule has 0 spiro atoms. The molecule has 0 radical (unpaired) electrons. The molecule has 0 N–H and O–H groups in total. The average molecular weight is 164 g/mol. The standard InChI is InChI=1S/C7H16S2/c1-3-7(4-2,5-8)6-9/h8-9H,3-6H2,1-2H3. The SMILES string of the molecule is CCC(CC)(CS)CS. The molecule has 0 aromatic rings. The van der Waals surface area contributed by atoms with Gasteiger partial charge in [0, 0.05) is 0 Å². The van der Waals surface area contributed by atoms with Crippen molar-refractivity contribution in [1.29, 1.82) is 0 Å². The van der Waals surface area contributed by atoms with Gasteiger partial charge >= 0.3 is 0 Å². The zero-order valence-electron chi connectivity index (χ0n) is 6.22. The van der Waals surface area contributed by atoms with Crippen LogP contribution in [0.4, 0.5) is 0 Å². The van der Waals surface area contributed by atoms with E-state index in [1.165, 1.54) is 12.8 Å². The van der Waals surface area contributed by atoms with Gasteiger partial charge in [0.15, 0.2) is 0 Å². The molecular formula is C7H16S2. The van der Waals surface area contributed by atoms with Crippen LogP contribution in [-0.4, -0.2) is 11.5 Å². The Bertz CT molecular complexity index is 49.8. The second kappa shape index (κ2) is 4.51. The normalized spacial score (nSPS) is 12.0. The van der Waals surface area contributed by atoms with Gasteiger partial charge in [0.25, 0.3) is 0 Å². The Morgan fingerprint density at radius 3 is 1.33 bits per heavy atom. The first-order chi connectivity index (χ1) is 4.24. The number of hydrogen-bond acceptors (Lipinski definition) is 2. The lowest BCUT2D eigenvalue weighted by Gasteiger charge is -2.27. The van der Waals surface area contributed by atoms with Gasteiger partial charge in [-0.2, -0.15) is 25.3 Å². The summed E-state index contributed by atoms with van der Waals surface area (Å²) in [5.41, 5.74) is 0.395. The Hall–Kier alpha value is 0.700. The van der Waals surface area contributed by atoms with E-state index in [-0.39, 0.29) is 0 Å². The third-order valence-corrected chi connectivity index (χ3v) is 3.51. The molecule has 0 saturated heterocycles. The van der Waals surface area contributed by atoms with Crippen molar-refractivity contribution in [2.75, 3.05) is 11.5 Å². The molecule has 9 heavy (non-hydrogen) atoms. The van der Waals surface area contributed by atoms with Crippen molar-refractivity contribution in [2.45, 2.75) is 26.7 Å². The van der Waals surface area contributed by atoms with Crippen molar-refractivity contribution in [3.05, 3.63) is 0 Å². The van der Waals surface area contributed by atoms with Gasteiger partial charge in [-0.15, -0.1) is 0 Å². The Morgan fingerprint density at radius 2 is 1.33 bits per heavy atom. The molecule has 0 aromatic heterocycles. The van der Waals surface area contributed by atoms with Crippen molar-refractivity contribution in [2.24, 2.45) is 5.41 Å². The van der Waals surface area contributed by atoms with Crippen LogP contribution in [0, 0.1) is 5.41 Å². The summed E-state index contributed by atoms with van der Waals surface area (Å²) in [4.78, 5) is 0. The van der Waals surface area contributed by atoms with Gasteiger partial charge in [-0.3, -0.25) is 0 Å². The molecule has 0 saturated carbocycles. The summed E-state index contributed by atoms with van der Waals surface area (Å²) in [7, 11) is 0. The minimum absolute atomic E-state index is 0.395. The first-order valence-electron chi connectivity index (χ1n) is 3.46. The van der Waals surface area contributed by atoms with Gasteiger partial charge in [0.05, 0.1) is 0 Å². The summed E-state index contributed by atoms with van der Waals surface area (Å²) < 4.78 is 0. The molecule has 0 aliphatic carbocycles. The highest BCUT2D eigenvalue weighted by Crippen LogP contribution is 2.28. The summed E-state index contributed by atoms with van der Waals surface area (Å²) in [5, 5.41) is 0. The summed E-state index contributed by atoms with van der Waals surface area (Å²) in [5.74, 6) is 1.92. The molecule has 0 unspecified atom stereocenters. The summed E-state index contributed by atoms with van der Waals surface area (Å²) in [6.07, 6.45) is 2.38. The minimum Gasteiger partial charge on any atom is -0.179 e. The largest absolute Gasteiger partial charge is 0.179 e. The van der Waals surface area contributed by atoms with Crippen molar-refractivity contribution in [3.63, 3.8) is 0 Å². The highest BCUT2D eigenvalue weighted by molar-refractivity contribution is 7.81.